The van der Waals surface area contributed by atoms with Crippen LogP contribution >= 0.6 is 0 Å². The quantitative estimate of drug-likeness (QED) is 0.793. The van der Waals surface area contributed by atoms with Gasteiger partial charge in [-0.15, -0.1) is 6.58 Å². The van der Waals surface area contributed by atoms with Gasteiger partial charge in [-0.25, -0.2) is 0 Å². The highest BCUT2D eigenvalue weighted by molar-refractivity contribution is 5.81. The maximum atomic E-state index is 4.52. The molecule has 0 aliphatic heterocycles. The van der Waals surface area contributed by atoms with Gasteiger partial charge in [0.05, 0.1) is 11.2 Å². The van der Waals surface area contributed by atoms with Gasteiger partial charge in [0, 0.05) is 25.0 Å². The van der Waals surface area contributed by atoms with Crippen molar-refractivity contribution in [3.8, 4) is 0 Å². The predicted molar refractivity (Wildman–Crippen MR) is 67.2 cm³/mol. The molecule has 0 saturated carbocycles. The third-order valence-corrected chi connectivity index (χ3v) is 2.78. The molecule has 1 aromatic carbocycles. The first-order valence-electron chi connectivity index (χ1n) is 5.49. The van der Waals surface area contributed by atoms with Crippen LogP contribution in [0.15, 0.2) is 36.9 Å². The van der Waals surface area contributed by atoms with Crippen molar-refractivity contribution in [3.63, 3.8) is 0 Å². The molecule has 16 heavy (non-hydrogen) atoms. The molecule has 3 nitrogen and oxygen atoms in total. The van der Waals surface area contributed by atoms with E-state index in [1.807, 2.05) is 29.9 Å². The average molecular weight is 215 g/mol. The molecule has 2 aromatic rings. The molecule has 0 spiro atoms. The van der Waals surface area contributed by atoms with E-state index in [1.54, 1.807) is 0 Å². The zero-order valence-corrected chi connectivity index (χ0v) is 9.77. The Morgan fingerprint density at radius 3 is 3.00 bits per heavy atom. The van der Waals surface area contributed by atoms with Crippen molar-refractivity contribution >= 4 is 10.9 Å². The number of nitrogens with zero attached hydrogens (tertiary/aromatic N) is 2. The Labute approximate surface area is 95.8 Å². The summed E-state index contributed by atoms with van der Waals surface area (Å²) in [5, 5.41) is 9.09. The topological polar surface area (TPSA) is 29.9 Å². The van der Waals surface area contributed by atoms with Crippen LogP contribution in [0.2, 0.25) is 0 Å². The summed E-state index contributed by atoms with van der Waals surface area (Å²) < 4.78 is 1.92. The lowest BCUT2D eigenvalue weighted by atomic mass is 10.2. The van der Waals surface area contributed by atoms with E-state index in [0.29, 0.717) is 6.04 Å². The zero-order valence-electron chi connectivity index (χ0n) is 9.77. The lowest BCUT2D eigenvalue weighted by Crippen LogP contribution is -2.23. The molecule has 0 bridgehead atoms. The molecule has 84 valence electrons. The van der Waals surface area contributed by atoms with Gasteiger partial charge in [0.1, 0.15) is 0 Å². The van der Waals surface area contributed by atoms with Crippen LogP contribution in [0, 0.1) is 0 Å². The smallest absolute Gasteiger partial charge is 0.0841 e. The molecule has 0 saturated heterocycles. The van der Waals surface area contributed by atoms with E-state index in [1.165, 1.54) is 10.9 Å². The van der Waals surface area contributed by atoms with Gasteiger partial charge in [-0.3, -0.25) is 4.68 Å². The minimum atomic E-state index is 0.306. The van der Waals surface area contributed by atoms with Gasteiger partial charge in [-0.2, -0.15) is 5.10 Å². The van der Waals surface area contributed by atoms with Gasteiger partial charge < -0.3 is 5.32 Å². The second kappa shape index (κ2) is 4.49. The van der Waals surface area contributed by atoms with E-state index in [4.69, 9.17) is 0 Å². The molecular weight excluding hydrogens is 198 g/mol. The molecule has 0 fully saturated rings. The first-order valence-corrected chi connectivity index (χ1v) is 5.49. The van der Waals surface area contributed by atoms with E-state index in [9.17, 15) is 0 Å². The van der Waals surface area contributed by atoms with Crippen molar-refractivity contribution in [2.24, 2.45) is 7.05 Å². The lowest BCUT2D eigenvalue weighted by molar-refractivity contribution is 0.616. The second-order valence-electron chi connectivity index (χ2n) is 3.99. The van der Waals surface area contributed by atoms with Crippen molar-refractivity contribution in [2.75, 3.05) is 0 Å². The molecule has 1 heterocycles. The molecule has 0 aliphatic carbocycles. The van der Waals surface area contributed by atoms with Crippen molar-refractivity contribution in [2.45, 2.75) is 19.5 Å². The number of rotatable bonds is 4. The normalized spacial score (nSPS) is 12.9. The highest BCUT2D eigenvalue weighted by Gasteiger charge is 2.07. The molecule has 1 unspecified atom stereocenters. The third kappa shape index (κ3) is 1.99. The number of para-hydroxylation sites is 1. The summed E-state index contributed by atoms with van der Waals surface area (Å²) in [5.41, 5.74) is 2.26. The van der Waals surface area contributed by atoms with E-state index in [2.05, 4.69) is 36.1 Å². The van der Waals surface area contributed by atoms with Crippen LogP contribution in [0.3, 0.4) is 0 Å². The molecule has 3 heteroatoms. The Morgan fingerprint density at radius 2 is 2.25 bits per heavy atom. The van der Waals surface area contributed by atoms with Gasteiger partial charge in [0.2, 0.25) is 0 Å². The highest BCUT2D eigenvalue weighted by atomic mass is 15.3. The van der Waals surface area contributed by atoms with Crippen LogP contribution < -0.4 is 5.32 Å². The first kappa shape index (κ1) is 10.9. The predicted octanol–water partition coefficient (Wildman–Crippen LogP) is 2.24. The Balaban J connectivity index is 2.27. The largest absolute Gasteiger partial charge is 0.305 e. The average Bonchev–Trinajstić information content (AvgIpc) is 2.64. The van der Waals surface area contributed by atoms with Gasteiger partial charge in [0.25, 0.3) is 0 Å². The molecule has 1 aromatic heterocycles. The molecule has 1 N–H and O–H groups in total. The molecule has 1 atom stereocenters. The van der Waals surface area contributed by atoms with Crippen molar-refractivity contribution in [1.82, 2.24) is 15.1 Å². The van der Waals surface area contributed by atoms with Crippen LogP contribution in [-0.4, -0.2) is 15.8 Å². The maximum Gasteiger partial charge on any atom is 0.0841 e. The summed E-state index contributed by atoms with van der Waals surface area (Å²) >= 11 is 0. The first-order chi connectivity index (χ1) is 7.72. The summed E-state index contributed by atoms with van der Waals surface area (Å²) in [5.74, 6) is 0. The van der Waals surface area contributed by atoms with Gasteiger partial charge >= 0.3 is 0 Å². The minimum absolute atomic E-state index is 0.306. The monoisotopic (exact) mass is 215 g/mol. The molecule has 0 aliphatic rings. The number of benzene rings is 1. The molecular formula is C13H17N3. The van der Waals surface area contributed by atoms with Crippen molar-refractivity contribution in [1.29, 1.82) is 0 Å². The Hall–Kier alpha value is -1.61. The van der Waals surface area contributed by atoms with Crippen LogP contribution in [0.25, 0.3) is 10.9 Å². The van der Waals surface area contributed by atoms with Crippen molar-refractivity contribution in [3.05, 3.63) is 42.6 Å². The highest BCUT2D eigenvalue weighted by Crippen LogP contribution is 2.17. The molecule has 0 radical (unpaired) electrons. The van der Waals surface area contributed by atoms with Crippen LogP contribution in [-0.2, 0) is 13.6 Å². The fourth-order valence-electron chi connectivity index (χ4n) is 1.76. The van der Waals surface area contributed by atoms with Gasteiger partial charge in [-0.1, -0.05) is 24.3 Å². The van der Waals surface area contributed by atoms with Crippen LogP contribution in [0.5, 0.6) is 0 Å². The number of hydrogen-bond donors (Lipinski definition) is 1. The number of fused-ring (bicyclic) bond motifs is 1. The van der Waals surface area contributed by atoms with E-state index < -0.39 is 0 Å². The zero-order chi connectivity index (χ0) is 11.5. The van der Waals surface area contributed by atoms with E-state index >= 15 is 0 Å². The number of aromatic nitrogens is 2. The summed E-state index contributed by atoms with van der Waals surface area (Å²) in [4.78, 5) is 0. The molecule has 0 amide bonds. The maximum absolute atomic E-state index is 4.52. The lowest BCUT2D eigenvalue weighted by Gasteiger charge is -2.06. The van der Waals surface area contributed by atoms with Gasteiger partial charge in [0.15, 0.2) is 0 Å². The summed E-state index contributed by atoms with van der Waals surface area (Å²) in [6.45, 7) is 6.61. The summed E-state index contributed by atoms with van der Waals surface area (Å²) in [6.07, 6.45) is 1.89. The minimum Gasteiger partial charge on any atom is -0.305 e. The van der Waals surface area contributed by atoms with Crippen LogP contribution in [0.1, 0.15) is 12.6 Å². The summed E-state index contributed by atoms with van der Waals surface area (Å²) in [6, 6.07) is 8.58. The van der Waals surface area contributed by atoms with Crippen molar-refractivity contribution < 1.29 is 0 Å². The molecule has 2 rings (SSSR count). The second-order valence-corrected chi connectivity index (χ2v) is 3.99. The number of nitrogens with one attached hydrogen (secondary N) is 1. The van der Waals surface area contributed by atoms with Crippen LogP contribution in [0.4, 0.5) is 0 Å². The fourth-order valence-corrected chi connectivity index (χ4v) is 1.76. The standard InChI is InChI=1S/C13H17N3/c1-4-10(2)14-9-12-11-7-5-6-8-13(11)16(3)15-12/h4-8,10,14H,1,9H2,2-3H3. The Morgan fingerprint density at radius 1 is 1.50 bits per heavy atom. The number of aryl methyl sites for hydroxylation is 1. The van der Waals surface area contributed by atoms with E-state index in [0.717, 1.165) is 12.2 Å². The van der Waals surface area contributed by atoms with E-state index in [-0.39, 0.29) is 0 Å². The third-order valence-electron chi connectivity index (χ3n) is 2.78. The number of hydrogen-bond acceptors (Lipinski definition) is 2. The summed E-state index contributed by atoms with van der Waals surface area (Å²) in [7, 11) is 1.97. The Kier molecular flexibility index (Phi) is 3.06. The Bertz CT molecular complexity index is 499. The van der Waals surface area contributed by atoms with Gasteiger partial charge in [-0.05, 0) is 13.0 Å². The fraction of sp³-hybridized carbons (Fsp3) is 0.308. The SMILES string of the molecule is C=CC(C)NCc1nn(C)c2ccccc12.